The number of benzene rings is 8. The van der Waals surface area contributed by atoms with Crippen molar-refractivity contribution in [2.45, 2.75) is 19.6 Å². The number of nitrogens with zero attached hydrogens (tertiary/aromatic N) is 2. The average molecular weight is 729 g/mol. The van der Waals surface area contributed by atoms with Crippen LogP contribution in [0.25, 0.3) is 66.1 Å². The van der Waals surface area contributed by atoms with E-state index in [-0.39, 0.29) is 0 Å². The summed E-state index contributed by atoms with van der Waals surface area (Å²) in [6, 6.07) is 60.5. The van der Waals surface area contributed by atoms with Crippen LogP contribution in [-0.2, 0) is 0 Å². The van der Waals surface area contributed by atoms with Gasteiger partial charge in [0.15, 0.2) is 23.0 Å². The Bertz CT molecular complexity index is 2940. The van der Waals surface area contributed by atoms with E-state index >= 15 is 0 Å². The van der Waals surface area contributed by atoms with Crippen molar-refractivity contribution in [1.29, 1.82) is 0 Å². The maximum atomic E-state index is 6.50. The van der Waals surface area contributed by atoms with E-state index in [0.29, 0.717) is 0 Å². The predicted octanol–water partition coefficient (Wildman–Crippen LogP) is 14.1. The zero-order valence-corrected chi connectivity index (χ0v) is 30.3. The molecule has 0 unspecified atom stereocenters. The summed E-state index contributed by atoms with van der Waals surface area (Å²) < 4.78 is 17.5. The molecule has 2 aliphatic heterocycles. The molecule has 0 bridgehead atoms. The van der Waals surface area contributed by atoms with Crippen LogP contribution in [0.15, 0.2) is 189 Å². The zero-order chi connectivity index (χ0) is 35.3. The number of rotatable bonds is 3. The fourth-order valence-electron chi connectivity index (χ4n) is 8.24. The van der Waals surface area contributed by atoms with Gasteiger partial charge in [0.1, 0.15) is 0 Å². The summed E-state index contributed by atoms with van der Waals surface area (Å²) in [4.78, 5) is 5.31. The molecule has 4 nitrogen and oxygen atoms in total. The van der Waals surface area contributed by atoms with E-state index in [4.69, 9.17) is 9.47 Å². The summed E-state index contributed by atoms with van der Waals surface area (Å²) in [6.07, 6.45) is 0. The van der Waals surface area contributed by atoms with Gasteiger partial charge in [0.25, 0.3) is 0 Å². The molecule has 4 heterocycles. The second-order valence-electron chi connectivity index (χ2n) is 13.7. The van der Waals surface area contributed by atoms with E-state index in [1.165, 1.54) is 52.5 Å². The average Bonchev–Trinajstić information content (AvgIpc) is 3.76. The zero-order valence-electron chi connectivity index (χ0n) is 28.7. The summed E-state index contributed by atoms with van der Waals surface area (Å²) in [6.45, 7) is 0. The molecule has 12 rings (SSSR count). The topological polar surface area (TPSA) is 28.3 Å². The smallest absolute Gasteiger partial charge is 0.180 e. The molecular weight excluding hydrogens is 701 g/mol. The van der Waals surface area contributed by atoms with Crippen molar-refractivity contribution in [2.24, 2.45) is 0 Å². The summed E-state index contributed by atoms with van der Waals surface area (Å²) in [5.41, 5.74) is 9.22. The summed E-state index contributed by atoms with van der Waals surface area (Å²) in [5, 5.41) is 4.78. The third kappa shape index (κ3) is 4.41. The van der Waals surface area contributed by atoms with Gasteiger partial charge in [-0.15, -0.1) is 0 Å². The van der Waals surface area contributed by atoms with Gasteiger partial charge in [-0.25, -0.2) is 0 Å². The van der Waals surface area contributed by atoms with Crippen molar-refractivity contribution < 1.29 is 9.47 Å². The molecule has 0 aliphatic carbocycles. The van der Waals surface area contributed by atoms with E-state index in [1.54, 1.807) is 0 Å². The van der Waals surface area contributed by atoms with Crippen molar-refractivity contribution >= 4 is 67.1 Å². The minimum absolute atomic E-state index is 0.728. The molecule has 10 aromatic rings. The van der Waals surface area contributed by atoms with E-state index in [0.717, 1.165) is 56.2 Å². The number of aromatic nitrogens is 2. The van der Waals surface area contributed by atoms with E-state index < -0.39 is 0 Å². The second kappa shape index (κ2) is 11.6. The number of hydrogen-bond donors (Lipinski definition) is 0. The SMILES string of the molecule is c1ccc2c(c1)Oc1ccc3c(c1O2)c1ccccc1n3-c1ccc(-c2ccc(-n3c4ccccc4c4c5c(ccc43)Sc3ccccc3S5)cc2)cc1. The van der Waals surface area contributed by atoms with Crippen LogP contribution in [0, 0.1) is 0 Å². The van der Waals surface area contributed by atoms with Crippen molar-refractivity contribution in [1.82, 2.24) is 9.13 Å². The lowest BCUT2D eigenvalue weighted by molar-refractivity contribution is 0.363. The first-order chi connectivity index (χ1) is 26.8. The van der Waals surface area contributed by atoms with Crippen LogP contribution in [-0.4, -0.2) is 9.13 Å². The Labute approximate surface area is 319 Å². The van der Waals surface area contributed by atoms with Crippen LogP contribution in [0.4, 0.5) is 0 Å². The third-order valence-corrected chi connectivity index (χ3v) is 13.3. The Morgan fingerprint density at radius 2 is 0.870 bits per heavy atom. The summed E-state index contributed by atoms with van der Waals surface area (Å²) in [7, 11) is 0. The monoisotopic (exact) mass is 728 g/mol. The number of ether oxygens (including phenoxy) is 2. The molecule has 254 valence electrons. The molecule has 54 heavy (non-hydrogen) atoms. The van der Waals surface area contributed by atoms with Gasteiger partial charge in [-0.3, -0.25) is 0 Å². The molecule has 0 atom stereocenters. The molecule has 8 aromatic carbocycles. The molecule has 2 aliphatic rings. The number of para-hydroxylation sites is 4. The molecule has 0 saturated carbocycles. The van der Waals surface area contributed by atoms with Crippen molar-refractivity contribution in [3.8, 4) is 45.5 Å². The van der Waals surface area contributed by atoms with Crippen LogP contribution in [0.5, 0.6) is 23.0 Å². The predicted molar refractivity (Wildman–Crippen MR) is 222 cm³/mol. The highest BCUT2D eigenvalue weighted by Gasteiger charge is 2.26. The molecular formula is C48H28N2O2S2. The minimum atomic E-state index is 0.728. The highest BCUT2D eigenvalue weighted by molar-refractivity contribution is 8.05. The first-order valence-electron chi connectivity index (χ1n) is 18.0. The van der Waals surface area contributed by atoms with Gasteiger partial charge in [0, 0.05) is 47.1 Å². The second-order valence-corrected chi connectivity index (χ2v) is 15.8. The quantitative estimate of drug-likeness (QED) is 0.181. The van der Waals surface area contributed by atoms with Gasteiger partial charge in [0.05, 0.1) is 27.5 Å². The largest absolute Gasteiger partial charge is 0.449 e. The van der Waals surface area contributed by atoms with Gasteiger partial charge in [0.2, 0.25) is 0 Å². The highest BCUT2D eigenvalue weighted by atomic mass is 32.2. The maximum absolute atomic E-state index is 6.50. The summed E-state index contributed by atoms with van der Waals surface area (Å²) in [5.74, 6) is 2.94. The highest BCUT2D eigenvalue weighted by Crippen LogP contribution is 2.53. The van der Waals surface area contributed by atoms with E-state index in [9.17, 15) is 0 Å². The molecule has 0 fully saturated rings. The Kier molecular flexibility index (Phi) is 6.47. The van der Waals surface area contributed by atoms with Gasteiger partial charge < -0.3 is 18.6 Å². The molecule has 2 aromatic heterocycles. The lowest BCUT2D eigenvalue weighted by Crippen LogP contribution is -1.99. The van der Waals surface area contributed by atoms with Gasteiger partial charge >= 0.3 is 0 Å². The van der Waals surface area contributed by atoms with Crippen molar-refractivity contribution in [3.05, 3.63) is 170 Å². The molecule has 0 amide bonds. The van der Waals surface area contributed by atoms with E-state index in [1.807, 2.05) is 53.9 Å². The Morgan fingerprint density at radius 1 is 0.352 bits per heavy atom. The van der Waals surface area contributed by atoms with Crippen molar-refractivity contribution in [2.75, 3.05) is 0 Å². The molecule has 0 spiro atoms. The fourth-order valence-corrected chi connectivity index (χ4v) is 10.6. The molecule has 0 saturated heterocycles. The normalized spacial score (nSPS) is 13.0. The Morgan fingerprint density at radius 3 is 1.54 bits per heavy atom. The van der Waals surface area contributed by atoms with Gasteiger partial charge in [-0.05, 0) is 96.1 Å². The molecule has 0 N–H and O–H groups in total. The Hall–Kier alpha value is -6.34. The lowest BCUT2D eigenvalue weighted by atomic mass is 10.0. The lowest BCUT2D eigenvalue weighted by Gasteiger charge is -2.21. The first kappa shape index (κ1) is 30.2. The van der Waals surface area contributed by atoms with Crippen LogP contribution < -0.4 is 9.47 Å². The number of hydrogen-bond acceptors (Lipinski definition) is 4. The van der Waals surface area contributed by atoms with Crippen LogP contribution in [0.1, 0.15) is 0 Å². The Balaban J connectivity index is 0.919. The van der Waals surface area contributed by atoms with Gasteiger partial charge in [-0.2, -0.15) is 0 Å². The van der Waals surface area contributed by atoms with Crippen LogP contribution in [0.3, 0.4) is 0 Å². The van der Waals surface area contributed by atoms with Crippen molar-refractivity contribution in [3.63, 3.8) is 0 Å². The number of fused-ring (bicyclic) bond motifs is 12. The van der Waals surface area contributed by atoms with Crippen LogP contribution >= 0.6 is 23.5 Å². The maximum Gasteiger partial charge on any atom is 0.180 e. The standard InChI is InChI=1S/C48H28N2O2S2/c1-3-11-35-33(9-1)45-37(25-27-41-47(45)52-40-14-6-5-13-39(40)51-41)49(35)31-21-17-29(18-22-31)30-19-23-32(24-20-30)50-36-12-4-2-10-34(36)46-38(50)26-28-44-48(46)54-43-16-8-7-15-42(43)53-44/h1-28H. The van der Waals surface area contributed by atoms with E-state index in [2.05, 4.69) is 149 Å². The van der Waals surface area contributed by atoms with Crippen LogP contribution in [0.2, 0.25) is 0 Å². The van der Waals surface area contributed by atoms with Gasteiger partial charge in [-0.1, -0.05) is 108 Å². The molecule has 0 radical (unpaired) electrons. The third-order valence-electron chi connectivity index (χ3n) is 10.7. The first-order valence-corrected chi connectivity index (χ1v) is 19.6. The summed E-state index contributed by atoms with van der Waals surface area (Å²) >= 11 is 3.76. The fraction of sp³-hybridized carbons (Fsp3) is 0. The molecule has 6 heteroatoms. The minimum Gasteiger partial charge on any atom is -0.449 e.